The van der Waals surface area contributed by atoms with Crippen LogP contribution in [0.1, 0.15) is 49.0 Å². The molecule has 0 unspecified atom stereocenters. The van der Waals surface area contributed by atoms with Crippen LogP contribution in [0.25, 0.3) is 0 Å². The summed E-state index contributed by atoms with van der Waals surface area (Å²) in [5.74, 6) is -0.281. The van der Waals surface area contributed by atoms with E-state index in [0.717, 1.165) is 10.5 Å². The zero-order valence-corrected chi connectivity index (χ0v) is 18.2. The van der Waals surface area contributed by atoms with E-state index in [-0.39, 0.29) is 12.2 Å². The highest BCUT2D eigenvalue weighted by molar-refractivity contribution is 6.02. The smallest absolute Gasteiger partial charge is 0.417 e. The lowest BCUT2D eigenvalue weighted by Gasteiger charge is -2.32. The van der Waals surface area contributed by atoms with Gasteiger partial charge in [-0.2, -0.15) is 0 Å². The summed E-state index contributed by atoms with van der Waals surface area (Å²) >= 11 is 0. The van der Waals surface area contributed by atoms with Crippen LogP contribution in [-0.2, 0) is 9.53 Å². The average molecular weight is 421 g/mol. The van der Waals surface area contributed by atoms with Crippen molar-refractivity contribution >= 4 is 17.8 Å². The third kappa shape index (κ3) is 5.40. The van der Waals surface area contributed by atoms with Crippen LogP contribution < -0.4 is 4.74 Å². The van der Waals surface area contributed by atoms with Gasteiger partial charge >= 0.3 is 6.09 Å². The van der Waals surface area contributed by atoms with E-state index in [2.05, 4.69) is 0 Å². The van der Waals surface area contributed by atoms with Crippen molar-refractivity contribution in [2.75, 3.05) is 7.11 Å². The van der Waals surface area contributed by atoms with Crippen LogP contribution in [0.15, 0.2) is 66.7 Å². The van der Waals surface area contributed by atoms with Gasteiger partial charge in [-0.1, -0.05) is 48.5 Å². The summed E-state index contributed by atoms with van der Waals surface area (Å²) in [5.41, 5.74) is 0.654. The molecule has 2 amide bonds. The first-order valence-corrected chi connectivity index (χ1v) is 10.2. The number of methoxy groups -OCH3 is 1. The maximum atomic E-state index is 13.0. The number of benzene rings is 2. The standard InChI is InChI=1S/C25H27NO5/c1-25(2,3)31-24(29)26-21(14-15-23(26)28)20(17-10-12-19(30-4)13-11-17)16-22(27)18-8-6-5-7-9-18/h5-15,20-21H,16H2,1-4H3/t20-,21+/m1/s1. The number of hydrogen-bond acceptors (Lipinski definition) is 5. The van der Waals surface area contributed by atoms with Crippen molar-refractivity contribution in [2.24, 2.45) is 0 Å². The van der Waals surface area contributed by atoms with Gasteiger partial charge in [-0.05, 0) is 38.5 Å². The number of carbonyl (C=O) groups is 3. The summed E-state index contributed by atoms with van der Waals surface area (Å²) in [7, 11) is 1.58. The van der Waals surface area contributed by atoms with Gasteiger partial charge in [0.15, 0.2) is 5.78 Å². The highest BCUT2D eigenvalue weighted by Crippen LogP contribution is 2.34. The molecule has 2 atom stereocenters. The zero-order valence-electron chi connectivity index (χ0n) is 18.2. The van der Waals surface area contributed by atoms with E-state index in [9.17, 15) is 14.4 Å². The maximum absolute atomic E-state index is 13.0. The predicted molar refractivity (Wildman–Crippen MR) is 117 cm³/mol. The Morgan fingerprint density at radius 2 is 1.68 bits per heavy atom. The molecule has 162 valence electrons. The first-order valence-electron chi connectivity index (χ1n) is 10.2. The molecule has 0 aliphatic carbocycles. The third-order valence-electron chi connectivity index (χ3n) is 5.02. The van der Waals surface area contributed by atoms with Crippen LogP contribution in [0.4, 0.5) is 4.79 Å². The Hall–Kier alpha value is -3.41. The normalized spacial score (nSPS) is 16.8. The van der Waals surface area contributed by atoms with Crippen molar-refractivity contribution in [1.82, 2.24) is 4.90 Å². The molecule has 1 heterocycles. The van der Waals surface area contributed by atoms with Gasteiger partial charge in [0.2, 0.25) is 0 Å². The van der Waals surface area contributed by atoms with E-state index in [1.807, 2.05) is 30.3 Å². The SMILES string of the molecule is COc1ccc([C@@H](CC(=O)c2ccccc2)[C@@H]2C=CC(=O)N2C(=O)OC(C)(C)C)cc1. The summed E-state index contributed by atoms with van der Waals surface area (Å²) in [4.78, 5) is 39.5. The van der Waals surface area contributed by atoms with Gasteiger partial charge in [0.05, 0.1) is 13.2 Å². The number of ketones is 1. The van der Waals surface area contributed by atoms with Crippen LogP contribution in [0, 0.1) is 0 Å². The van der Waals surface area contributed by atoms with Crippen molar-refractivity contribution in [3.8, 4) is 5.75 Å². The quantitative estimate of drug-likeness (QED) is 0.629. The second kappa shape index (κ2) is 9.16. The number of imide groups is 1. The molecular formula is C25H27NO5. The molecule has 1 aliphatic heterocycles. The van der Waals surface area contributed by atoms with E-state index in [0.29, 0.717) is 11.3 Å². The molecule has 0 saturated carbocycles. The van der Waals surface area contributed by atoms with Gasteiger partial charge < -0.3 is 9.47 Å². The molecule has 2 aromatic carbocycles. The molecule has 0 spiro atoms. The van der Waals surface area contributed by atoms with Crippen molar-refractivity contribution < 1.29 is 23.9 Å². The molecule has 0 aromatic heterocycles. The summed E-state index contributed by atoms with van der Waals surface area (Å²) in [5, 5.41) is 0. The molecule has 1 aliphatic rings. The molecule has 2 aromatic rings. The largest absolute Gasteiger partial charge is 0.497 e. The molecule has 3 rings (SSSR count). The molecule has 0 N–H and O–H groups in total. The van der Waals surface area contributed by atoms with E-state index >= 15 is 0 Å². The highest BCUT2D eigenvalue weighted by atomic mass is 16.6. The minimum Gasteiger partial charge on any atom is -0.497 e. The number of hydrogen-bond donors (Lipinski definition) is 0. The van der Waals surface area contributed by atoms with E-state index in [4.69, 9.17) is 9.47 Å². The summed E-state index contributed by atoms with van der Waals surface area (Å²) in [6.07, 6.45) is 2.42. The van der Waals surface area contributed by atoms with Crippen molar-refractivity contribution in [3.05, 3.63) is 77.9 Å². The molecule has 31 heavy (non-hydrogen) atoms. The lowest BCUT2D eigenvalue weighted by Crippen LogP contribution is -2.45. The minimum atomic E-state index is -0.750. The van der Waals surface area contributed by atoms with Crippen LogP contribution in [-0.4, -0.2) is 41.4 Å². The third-order valence-corrected chi connectivity index (χ3v) is 5.02. The van der Waals surface area contributed by atoms with Crippen LogP contribution in [0.5, 0.6) is 5.75 Å². The van der Waals surface area contributed by atoms with Gasteiger partial charge in [-0.3, -0.25) is 9.59 Å². The fourth-order valence-electron chi connectivity index (χ4n) is 3.56. The minimum absolute atomic E-state index is 0.0710. The lowest BCUT2D eigenvalue weighted by molar-refractivity contribution is -0.125. The molecule has 6 heteroatoms. The Bertz CT molecular complexity index is 973. The van der Waals surface area contributed by atoms with Crippen LogP contribution in [0.3, 0.4) is 0 Å². The van der Waals surface area contributed by atoms with E-state index in [1.165, 1.54) is 6.08 Å². The Morgan fingerprint density at radius 3 is 2.26 bits per heavy atom. The molecule has 0 radical (unpaired) electrons. The second-order valence-corrected chi connectivity index (χ2v) is 8.41. The van der Waals surface area contributed by atoms with Crippen LogP contribution >= 0.6 is 0 Å². The lowest BCUT2D eigenvalue weighted by atomic mass is 9.85. The summed E-state index contributed by atoms with van der Waals surface area (Å²) in [6, 6.07) is 15.6. The number of ether oxygens (including phenoxy) is 2. The second-order valence-electron chi connectivity index (χ2n) is 8.41. The van der Waals surface area contributed by atoms with Gasteiger partial charge in [-0.15, -0.1) is 0 Å². The monoisotopic (exact) mass is 421 g/mol. The fraction of sp³-hybridized carbons (Fsp3) is 0.320. The first-order chi connectivity index (χ1) is 14.7. The number of nitrogens with zero attached hydrogens (tertiary/aromatic N) is 1. The first kappa shape index (κ1) is 22.3. The average Bonchev–Trinajstić information content (AvgIpc) is 3.12. The fourth-order valence-corrected chi connectivity index (χ4v) is 3.56. The Morgan fingerprint density at radius 1 is 1.03 bits per heavy atom. The van der Waals surface area contributed by atoms with Crippen molar-refractivity contribution in [3.63, 3.8) is 0 Å². The van der Waals surface area contributed by atoms with E-state index < -0.39 is 29.6 Å². The highest BCUT2D eigenvalue weighted by Gasteiger charge is 2.40. The van der Waals surface area contributed by atoms with Crippen LogP contribution in [0.2, 0.25) is 0 Å². The molecule has 0 fully saturated rings. The molecular weight excluding hydrogens is 394 g/mol. The van der Waals surface area contributed by atoms with Gasteiger partial charge in [-0.25, -0.2) is 9.69 Å². The molecule has 0 bridgehead atoms. The number of Topliss-reactive ketones (excluding diaryl/α,β-unsaturated/α-hetero) is 1. The number of carbonyl (C=O) groups excluding carboxylic acids is 3. The summed E-state index contributed by atoms with van der Waals surface area (Å²) < 4.78 is 10.7. The predicted octanol–water partition coefficient (Wildman–Crippen LogP) is 4.75. The van der Waals surface area contributed by atoms with Gasteiger partial charge in [0.25, 0.3) is 5.91 Å². The molecule has 0 saturated heterocycles. The topological polar surface area (TPSA) is 72.9 Å². The zero-order chi connectivity index (χ0) is 22.6. The maximum Gasteiger partial charge on any atom is 0.417 e. The Labute approximate surface area is 182 Å². The Balaban J connectivity index is 1.95. The van der Waals surface area contributed by atoms with E-state index in [1.54, 1.807) is 58.2 Å². The van der Waals surface area contributed by atoms with Gasteiger partial charge in [0, 0.05) is 24.0 Å². The van der Waals surface area contributed by atoms with Crippen molar-refractivity contribution in [2.45, 2.75) is 44.8 Å². The number of amides is 2. The summed E-state index contributed by atoms with van der Waals surface area (Å²) in [6.45, 7) is 5.23. The van der Waals surface area contributed by atoms with Gasteiger partial charge in [0.1, 0.15) is 11.4 Å². The molecule has 6 nitrogen and oxygen atoms in total. The Kier molecular flexibility index (Phi) is 6.59. The number of rotatable bonds is 6. The van der Waals surface area contributed by atoms with Crippen molar-refractivity contribution in [1.29, 1.82) is 0 Å².